The number of piperidine rings is 1. The average Bonchev–Trinajstić information content (AvgIpc) is 4.06. The molecule has 4 aromatic carbocycles. The van der Waals surface area contributed by atoms with Gasteiger partial charge in [0, 0.05) is 91.8 Å². The van der Waals surface area contributed by atoms with Crippen LogP contribution in [0.25, 0.3) is 16.6 Å². The van der Waals surface area contributed by atoms with Gasteiger partial charge in [0.15, 0.2) is 0 Å². The molecule has 6 aromatic rings. The minimum Gasteiger partial charge on any atom is -0.455 e. The number of hydrogen-bond acceptors (Lipinski definition) is 15. The number of aromatic amines is 1. The molecule has 22 heteroatoms. The van der Waals surface area contributed by atoms with Crippen molar-refractivity contribution in [2.45, 2.75) is 88.6 Å². The lowest BCUT2D eigenvalue weighted by atomic mass is 9.72. The van der Waals surface area contributed by atoms with Gasteiger partial charge in [0.05, 0.1) is 32.7 Å². The molecule has 0 spiro atoms. The lowest BCUT2D eigenvalue weighted by Gasteiger charge is -2.39. The van der Waals surface area contributed by atoms with Crippen LogP contribution < -0.4 is 30.3 Å². The maximum absolute atomic E-state index is 14.2. The first kappa shape index (κ1) is 54.8. The molecule has 2 aromatic heterocycles. The number of rotatable bonds is 16. The summed E-state index contributed by atoms with van der Waals surface area (Å²) in [6.07, 6.45) is 9.18. The van der Waals surface area contributed by atoms with E-state index in [2.05, 4.69) is 66.4 Å². The van der Waals surface area contributed by atoms with Crippen LogP contribution in [0.4, 0.5) is 22.7 Å². The Hall–Kier alpha value is -8.14. The third kappa shape index (κ3) is 11.7. The van der Waals surface area contributed by atoms with Crippen LogP contribution in [0.2, 0.25) is 5.02 Å². The van der Waals surface area contributed by atoms with Crippen LogP contribution in [0.3, 0.4) is 0 Å². The van der Waals surface area contributed by atoms with E-state index >= 15 is 0 Å². The van der Waals surface area contributed by atoms with Gasteiger partial charge in [0.2, 0.25) is 11.8 Å². The number of benzene rings is 4. The van der Waals surface area contributed by atoms with Crippen molar-refractivity contribution in [2.24, 2.45) is 11.3 Å². The topological polar surface area (TPSA) is 258 Å². The summed E-state index contributed by atoms with van der Waals surface area (Å²) in [5.41, 5.74) is 6.01. The highest BCUT2D eigenvalue weighted by molar-refractivity contribution is 7.90. The number of imide groups is 2. The Morgan fingerprint density at radius 1 is 0.889 bits per heavy atom. The molecule has 0 bridgehead atoms. The average molecular weight is 1140 g/mol. The Kier molecular flexibility index (Phi) is 15.2. The zero-order chi connectivity index (χ0) is 56.7. The summed E-state index contributed by atoms with van der Waals surface area (Å²) in [4.78, 5) is 89.9. The highest BCUT2D eigenvalue weighted by Gasteiger charge is 2.46. The van der Waals surface area contributed by atoms with E-state index in [0.717, 1.165) is 60.9 Å². The number of amides is 5. The van der Waals surface area contributed by atoms with E-state index in [1.54, 1.807) is 42.6 Å². The number of piperazine rings is 1. The Labute approximate surface area is 472 Å². The molecule has 1 saturated carbocycles. The molecule has 2 saturated heterocycles. The fourth-order valence-electron chi connectivity index (χ4n) is 11.8. The molecule has 5 aliphatic rings. The molecule has 2 aliphatic carbocycles. The van der Waals surface area contributed by atoms with Crippen molar-refractivity contribution in [1.29, 1.82) is 0 Å². The summed E-state index contributed by atoms with van der Waals surface area (Å²) in [5.74, 6) is -2.84. The smallest absolute Gasteiger partial charge is 0.293 e. The minimum absolute atomic E-state index is 0.0151. The van der Waals surface area contributed by atoms with Gasteiger partial charge in [-0.15, -0.1) is 0 Å². The van der Waals surface area contributed by atoms with E-state index in [1.807, 2.05) is 18.2 Å². The molecule has 5 heterocycles. The predicted octanol–water partition coefficient (Wildman–Crippen LogP) is 9.31. The van der Waals surface area contributed by atoms with Gasteiger partial charge in [0.1, 0.15) is 28.9 Å². The van der Waals surface area contributed by atoms with Crippen molar-refractivity contribution in [3.63, 3.8) is 0 Å². The number of nitrogens with one attached hydrogen (secondary N) is 5. The number of pyridine rings is 1. The number of carbonyl (C=O) groups is 5. The van der Waals surface area contributed by atoms with Crippen molar-refractivity contribution in [3.05, 3.63) is 146 Å². The SMILES string of the molecule is CC1(C)CCC(CN2CCN(c3ccc(C(=O)NS(=O)(=O)c4ccc(NC[C@H]5CC[C@@H](Nc6cccc7c6C(=O)N(C6CCC(=O)NC6=O)C7=O)CC5)c([N+](=O)[O-])c4)c(Oc4cnc5[nH]ccc5c4)c3)CC2)=C(c2ccc(Cl)cc2)C1. The number of sulfonamides is 1. The van der Waals surface area contributed by atoms with E-state index < -0.39 is 61.1 Å². The number of aromatic nitrogens is 2. The first-order valence-corrected chi connectivity index (χ1v) is 29.1. The molecular formula is C59H61ClN10O10S. The normalized spacial score (nSPS) is 20.5. The maximum Gasteiger partial charge on any atom is 0.293 e. The monoisotopic (exact) mass is 1140 g/mol. The van der Waals surface area contributed by atoms with E-state index in [9.17, 15) is 42.5 Å². The van der Waals surface area contributed by atoms with Crippen molar-refractivity contribution in [3.8, 4) is 11.5 Å². The predicted molar refractivity (Wildman–Crippen MR) is 306 cm³/mol. The Bertz CT molecular complexity index is 3660. The minimum atomic E-state index is -4.67. The number of H-pyrrole nitrogens is 1. The summed E-state index contributed by atoms with van der Waals surface area (Å²) in [6.45, 7) is 8.80. The van der Waals surface area contributed by atoms with E-state index in [1.165, 1.54) is 41.1 Å². The van der Waals surface area contributed by atoms with Crippen molar-refractivity contribution in [1.82, 2.24) is 29.8 Å². The summed E-state index contributed by atoms with van der Waals surface area (Å²) in [7, 11) is -4.67. The number of fused-ring (bicyclic) bond motifs is 2. The zero-order valence-corrected chi connectivity index (χ0v) is 46.3. The van der Waals surface area contributed by atoms with Gasteiger partial charge in [-0.2, -0.15) is 0 Å². The second-order valence-electron chi connectivity index (χ2n) is 22.4. The molecule has 420 valence electrons. The molecule has 5 N–H and O–H groups in total. The quantitative estimate of drug-likeness (QED) is 0.0344. The highest BCUT2D eigenvalue weighted by Crippen LogP contribution is 2.44. The molecular weight excluding hydrogens is 1080 g/mol. The number of allylic oxidation sites excluding steroid dienone is 1. The van der Waals surface area contributed by atoms with Gasteiger partial charge in [-0.05, 0) is 134 Å². The van der Waals surface area contributed by atoms with Crippen molar-refractivity contribution < 1.29 is 42.1 Å². The van der Waals surface area contributed by atoms with Crippen LogP contribution in [-0.4, -0.2) is 114 Å². The number of carbonyl (C=O) groups excluding carboxylic acids is 5. The lowest BCUT2D eigenvalue weighted by molar-refractivity contribution is -0.384. The van der Waals surface area contributed by atoms with Crippen LogP contribution in [-0.2, 0) is 19.6 Å². The molecule has 3 fully saturated rings. The second kappa shape index (κ2) is 22.4. The summed E-state index contributed by atoms with van der Waals surface area (Å²) >= 11 is 6.26. The van der Waals surface area contributed by atoms with Gasteiger partial charge in [-0.25, -0.2) is 18.1 Å². The number of nitro groups is 1. The zero-order valence-electron chi connectivity index (χ0n) is 44.8. The number of anilines is 3. The van der Waals surface area contributed by atoms with Crippen LogP contribution >= 0.6 is 11.6 Å². The largest absolute Gasteiger partial charge is 0.455 e. The van der Waals surface area contributed by atoms with Gasteiger partial charge >= 0.3 is 0 Å². The number of nitro benzene ring substituents is 1. The molecule has 3 aliphatic heterocycles. The van der Waals surface area contributed by atoms with Gasteiger partial charge in [-0.3, -0.25) is 49.2 Å². The van der Waals surface area contributed by atoms with E-state index in [0.29, 0.717) is 67.4 Å². The number of hydrogen-bond donors (Lipinski definition) is 5. The Morgan fingerprint density at radius 3 is 2.42 bits per heavy atom. The molecule has 0 radical (unpaired) electrons. The summed E-state index contributed by atoms with van der Waals surface area (Å²) in [5, 5.41) is 22.7. The molecule has 5 amide bonds. The summed E-state index contributed by atoms with van der Waals surface area (Å²) in [6, 6.07) is 23.9. The molecule has 11 rings (SSSR count). The first-order valence-electron chi connectivity index (χ1n) is 27.3. The van der Waals surface area contributed by atoms with Crippen LogP contribution in [0.5, 0.6) is 11.5 Å². The molecule has 81 heavy (non-hydrogen) atoms. The van der Waals surface area contributed by atoms with Gasteiger partial charge in [0.25, 0.3) is 33.4 Å². The second-order valence-corrected chi connectivity index (χ2v) is 24.5. The van der Waals surface area contributed by atoms with E-state index in [-0.39, 0.29) is 58.3 Å². The maximum atomic E-state index is 14.2. The standard InChI is InChI=1S/C59H61ClN10O10S/c1-59(2)22-20-38(46(31-59)36-8-10-39(60)11-9-36)34-67-24-26-68(27-25-67)41-14-16-44(51(29-41)80-42-28-37-21-23-61-54(37)63-33-42)55(72)66-81(78,79)43-15-17-47(50(30-43)70(76)77)62-32-35-6-12-40(13-7-35)64-48-5-3-4-45-53(48)58(75)69(57(45)74)49-18-19-52(71)65-56(49)73/h3-5,8-11,14-17,21,23,28-30,33,35,40,49,62,64H,6-7,12-13,18-20,22,24-27,31-32,34H2,1-2H3,(H,61,63)(H,66,72)(H,65,71,73)/t35-,40+,49?. The lowest BCUT2D eigenvalue weighted by Crippen LogP contribution is -2.54. The number of halogens is 1. The van der Waals surface area contributed by atoms with E-state index in [4.69, 9.17) is 16.3 Å². The van der Waals surface area contributed by atoms with Crippen molar-refractivity contribution in [2.75, 3.05) is 54.8 Å². The molecule has 1 atom stereocenters. The number of ether oxygens (including phenoxy) is 1. The van der Waals surface area contributed by atoms with Crippen LogP contribution in [0, 0.1) is 21.4 Å². The van der Waals surface area contributed by atoms with Gasteiger partial charge in [-0.1, -0.05) is 49.2 Å². The Morgan fingerprint density at radius 2 is 1.67 bits per heavy atom. The van der Waals surface area contributed by atoms with Crippen LogP contribution in [0.1, 0.15) is 108 Å². The summed E-state index contributed by atoms with van der Waals surface area (Å²) < 4.78 is 36.4. The third-order valence-corrected chi connectivity index (χ3v) is 17.9. The van der Waals surface area contributed by atoms with Gasteiger partial charge < -0.3 is 25.3 Å². The fourth-order valence-corrected chi connectivity index (χ4v) is 12.9. The molecule has 1 unspecified atom stereocenters. The number of nitrogens with zero attached hydrogens (tertiary/aromatic N) is 5. The molecule has 20 nitrogen and oxygen atoms in total. The third-order valence-electron chi connectivity index (χ3n) is 16.3. The Balaban J connectivity index is 0.736. The van der Waals surface area contributed by atoms with Crippen molar-refractivity contribution >= 4 is 90.5 Å². The first-order chi connectivity index (χ1) is 38.9. The fraction of sp³-hybridized carbons (Fsp3) is 0.356. The highest BCUT2D eigenvalue weighted by atomic mass is 35.5. The van der Waals surface area contributed by atoms with Crippen LogP contribution in [0.15, 0.2) is 114 Å².